The Labute approximate surface area is 207 Å². The van der Waals surface area contributed by atoms with Crippen molar-refractivity contribution in [2.75, 3.05) is 31.6 Å². The number of urea groups is 1. The quantitative estimate of drug-likeness (QED) is 0.529. The molecular weight excluding hydrogens is 462 g/mol. The van der Waals surface area contributed by atoms with Gasteiger partial charge in [0.1, 0.15) is 22.8 Å². The number of methoxy groups -OCH3 is 1. The lowest BCUT2D eigenvalue weighted by Gasteiger charge is -2.31. The topological polar surface area (TPSA) is 117 Å². The molecule has 2 saturated heterocycles. The predicted molar refractivity (Wildman–Crippen MR) is 131 cm³/mol. The van der Waals surface area contributed by atoms with Gasteiger partial charge < -0.3 is 24.3 Å². The normalized spacial score (nSPS) is 23.7. The third-order valence-corrected chi connectivity index (χ3v) is 7.33. The van der Waals surface area contributed by atoms with Crippen LogP contribution in [0.3, 0.4) is 0 Å². The molecule has 5 heterocycles. The van der Waals surface area contributed by atoms with Gasteiger partial charge in [0.05, 0.1) is 13.7 Å². The standard InChI is InChI=1S/C26H27N5O5/c1-15-4-3-9-30(12-15)22-8-7-20-19(27-22)11-21(36-20)26(24(33)28-25(34)29-26)14-31-13-16-5-6-17(35-2)10-18(16)23(31)32/h5-8,10-11,15H,3-4,9,12-14H2,1-2H3,(H2,28,29,33,34)/t15-,26+/m1/s1. The van der Waals surface area contributed by atoms with E-state index in [0.717, 1.165) is 30.9 Å². The molecule has 0 aliphatic carbocycles. The molecule has 6 rings (SSSR count). The molecule has 0 spiro atoms. The van der Waals surface area contributed by atoms with Crippen LogP contribution in [0.4, 0.5) is 10.6 Å². The van der Waals surface area contributed by atoms with Crippen LogP contribution in [0.2, 0.25) is 0 Å². The summed E-state index contributed by atoms with van der Waals surface area (Å²) < 4.78 is 11.3. The smallest absolute Gasteiger partial charge is 0.322 e. The number of amides is 4. The van der Waals surface area contributed by atoms with Crippen molar-refractivity contribution >= 4 is 34.8 Å². The van der Waals surface area contributed by atoms with Gasteiger partial charge >= 0.3 is 6.03 Å². The molecule has 36 heavy (non-hydrogen) atoms. The molecule has 10 heteroatoms. The fraction of sp³-hybridized carbons (Fsp3) is 0.385. The molecule has 2 fully saturated rings. The number of anilines is 1. The summed E-state index contributed by atoms with van der Waals surface area (Å²) in [5.74, 6) is 1.45. The van der Waals surface area contributed by atoms with Gasteiger partial charge in [-0.3, -0.25) is 14.9 Å². The maximum atomic E-state index is 13.2. The fourth-order valence-electron chi connectivity index (χ4n) is 5.43. The highest BCUT2D eigenvalue weighted by molar-refractivity contribution is 6.08. The Morgan fingerprint density at radius 2 is 2.06 bits per heavy atom. The summed E-state index contributed by atoms with van der Waals surface area (Å²) in [6, 6.07) is 10.1. The highest BCUT2D eigenvalue weighted by Gasteiger charge is 2.53. The van der Waals surface area contributed by atoms with Crippen LogP contribution in [0.1, 0.15) is 41.4 Å². The number of aromatic nitrogens is 1. The van der Waals surface area contributed by atoms with Crippen LogP contribution in [0.25, 0.3) is 11.1 Å². The van der Waals surface area contributed by atoms with E-state index in [2.05, 4.69) is 22.5 Å². The Hall–Kier alpha value is -4.08. The van der Waals surface area contributed by atoms with Crippen LogP contribution in [0.15, 0.2) is 40.8 Å². The van der Waals surface area contributed by atoms with Gasteiger partial charge in [-0.1, -0.05) is 13.0 Å². The average molecular weight is 490 g/mol. The molecule has 186 valence electrons. The second-order valence-electron chi connectivity index (χ2n) is 9.85. The van der Waals surface area contributed by atoms with Gasteiger partial charge in [0, 0.05) is 31.3 Å². The van der Waals surface area contributed by atoms with E-state index >= 15 is 0 Å². The first-order valence-corrected chi connectivity index (χ1v) is 12.1. The SMILES string of the molecule is COc1ccc2c(c1)C(=O)N(C[C@@]1(c3cc4nc(N5CCC[C@@H](C)C5)ccc4o3)NC(=O)NC1=O)C2. The average Bonchev–Trinajstić information content (AvgIpc) is 3.52. The van der Waals surface area contributed by atoms with Gasteiger partial charge in [-0.15, -0.1) is 0 Å². The lowest BCUT2D eigenvalue weighted by atomic mass is 9.95. The molecule has 3 aromatic rings. The highest BCUT2D eigenvalue weighted by Crippen LogP contribution is 2.35. The third-order valence-electron chi connectivity index (χ3n) is 7.33. The molecule has 0 unspecified atom stereocenters. The van der Waals surface area contributed by atoms with Crippen molar-refractivity contribution in [3.63, 3.8) is 0 Å². The number of rotatable bonds is 5. The van der Waals surface area contributed by atoms with Crippen molar-refractivity contribution in [2.24, 2.45) is 5.92 Å². The van der Waals surface area contributed by atoms with Crippen LogP contribution in [0, 0.1) is 5.92 Å². The summed E-state index contributed by atoms with van der Waals surface area (Å²) in [5, 5.41) is 5.04. The molecular formula is C26H27N5O5. The van der Waals surface area contributed by atoms with E-state index in [1.807, 2.05) is 18.2 Å². The number of hydrogen-bond acceptors (Lipinski definition) is 7. The van der Waals surface area contributed by atoms with E-state index in [1.165, 1.54) is 11.3 Å². The number of benzene rings is 1. The minimum Gasteiger partial charge on any atom is -0.497 e. The Balaban J connectivity index is 1.34. The summed E-state index contributed by atoms with van der Waals surface area (Å²) in [6.45, 7) is 4.34. The number of furan rings is 1. The van der Waals surface area contributed by atoms with Gasteiger partial charge in [0.15, 0.2) is 11.1 Å². The summed E-state index contributed by atoms with van der Waals surface area (Å²) in [6.07, 6.45) is 2.32. The summed E-state index contributed by atoms with van der Waals surface area (Å²) >= 11 is 0. The van der Waals surface area contributed by atoms with E-state index in [4.69, 9.17) is 14.1 Å². The van der Waals surface area contributed by atoms with Gasteiger partial charge in [0.2, 0.25) is 0 Å². The Morgan fingerprint density at radius 1 is 1.19 bits per heavy atom. The van der Waals surface area contributed by atoms with E-state index in [1.54, 1.807) is 25.3 Å². The van der Waals surface area contributed by atoms with Crippen molar-refractivity contribution in [1.82, 2.24) is 20.5 Å². The van der Waals surface area contributed by atoms with E-state index in [-0.39, 0.29) is 18.2 Å². The summed E-state index contributed by atoms with van der Waals surface area (Å²) in [4.78, 5) is 47.2. The molecule has 2 N–H and O–H groups in total. The lowest BCUT2D eigenvalue weighted by Crippen LogP contribution is -2.52. The number of fused-ring (bicyclic) bond motifs is 2. The van der Waals surface area contributed by atoms with Crippen LogP contribution in [-0.4, -0.2) is 54.5 Å². The number of piperidine rings is 1. The number of pyridine rings is 1. The molecule has 2 aromatic heterocycles. The number of carbonyl (C=O) groups is 3. The lowest BCUT2D eigenvalue weighted by molar-refractivity contribution is -0.125. The van der Waals surface area contributed by atoms with Crippen LogP contribution >= 0.6 is 0 Å². The first-order chi connectivity index (χ1) is 17.4. The van der Waals surface area contributed by atoms with Gasteiger partial charge in [-0.25, -0.2) is 9.78 Å². The second-order valence-corrected chi connectivity index (χ2v) is 9.85. The Kier molecular flexibility index (Phi) is 5.13. The molecule has 0 saturated carbocycles. The van der Waals surface area contributed by atoms with Gasteiger partial charge in [-0.2, -0.15) is 0 Å². The minimum atomic E-state index is -1.57. The summed E-state index contributed by atoms with van der Waals surface area (Å²) in [5.41, 5.74) is 0.871. The van der Waals surface area contributed by atoms with Crippen LogP contribution < -0.4 is 20.3 Å². The number of carbonyl (C=O) groups excluding carboxylic acids is 3. The monoisotopic (exact) mass is 489 g/mol. The van der Waals surface area contributed by atoms with E-state index in [0.29, 0.717) is 34.9 Å². The van der Waals surface area contributed by atoms with Crippen molar-refractivity contribution in [3.8, 4) is 5.75 Å². The van der Waals surface area contributed by atoms with Gasteiger partial charge in [0.25, 0.3) is 11.8 Å². The maximum Gasteiger partial charge on any atom is 0.322 e. The number of nitrogens with zero attached hydrogens (tertiary/aromatic N) is 3. The fourth-order valence-corrected chi connectivity index (χ4v) is 5.43. The van der Waals surface area contributed by atoms with Crippen LogP contribution in [0.5, 0.6) is 5.75 Å². The van der Waals surface area contributed by atoms with Crippen molar-refractivity contribution in [1.29, 1.82) is 0 Å². The first-order valence-electron chi connectivity index (χ1n) is 12.1. The molecule has 1 aromatic carbocycles. The Morgan fingerprint density at radius 3 is 2.81 bits per heavy atom. The Bertz CT molecular complexity index is 1400. The second kappa shape index (κ2) is 8.25. The van der Waals surface area contributed by atoms with E-state index < -0.39 is 17.5 Å². The third kappa shape index (κ3) is 3.55. The molecule has 3 aliphatic rings. The number of imide groups is 1. The first kappa shape index (κ1) is 22.4. The largest absolute Gasteiger partial charge is 0.497 e. The van der Waals surface area contributed by atoms with Crippen molar-refractivity contribution in [2.45, 2.75) is 31.8 Å². The molecule has 2 atom stereocenters. The van der Waals surface area contributed by atoms with Gasteiger partial charge in [-0.05, 0) is 48.6 Å². The zero-order valence-corrected chi connectivity index (χ0v) is 20.2. The minimum absolute atomic E-state index is 0.0866. The molecule has 0 radical (unpaired) electrons. The molecule has 10 nitrogen and oxygen atoms in total. The number of hydrogen-bond donors (Lipinski definition) is 2. The number of ether oxygens (including phenoxy) is 1. The molecule has 0 bridgehead atoms. The number of nitrogens with one attached hydrogen (secondary N) is 2. The zero-order valence-electron chi connectivity index (χ0n) is 20.2. The molecule has 4 amide bonds. The molecule has 3 aliphatic heterocycles. The van der Waals surface area contributed by atoms with Crippen molar-refractivity contribution in [3.05, 3.63) is 53.3 Å². The van der Waals surface area contributed by atoms with Crippen LogP contribution in [-0.2, 0) is 16.9 Å². The predicted octanol–water partition coefficient (Wildman–Crippen LogP) is 2.76. The maximum absolute atomic E-state index is 13.2. The van der Waals surface area contributed by atoms with E-state index in [9.17, 15) is 14.4 Å². The van der Waals surface area contributed by atoms with Crippen molar-refractivity contribution < 1.29 is 23.5 Å². The zero-order chi connectivity index (χ0) is 25.0. The highest BCUT2D eigenvalue weighted by atomic mass is 16.5. The summed E-state index contributed by atoms with van der Waals surface area (Å²) in [7, 11) is 1.54.